The standard InChI is InChI=1S/C27H34F5N6O3P/c1-33-10-9-26(28,29)14-38(2)16-6-5-15(11-16)36-25-35-13-20(27(30,31)32)21(37-25)19-12-34-22-17(19)7-8-18(24(39)40)23(22)42(3,4)41/h7-8,12-13,15-16,33-34H,5-6,9-11,14H2,1-4H3,(H,39,40)(H,35,36,37)/t15-,16-/m0/s1. The number of aromatic carboxylic acids is 1. The normalized spacial score (nSPS) is 18.2. The first-order chi connectivity index (χ1) is 19.5. The van der Waals surface area contributed by atoms with Crippen LogP contribution in [-0.2, 0) is 10.7 Å². The lowest BCUT2D eigenvalue weighted by Gasteiger charge is -2.29. The van der Waals surface area contributed by atoms with Crippen LogP contribution in [-0.4, -0.2) is 89.4 Å². The molecule has 0 saturated heterocycles. The summed E-state index contributed by atoms with van der Waals surface area (Å²) in [7, 11) is 0.0766. The van der Waals surface area contributed by atoms with Crippen LogP contribution in [0.5, 0.6) is 0 Å². The van der Waals surface area contributed by atoms with Crippen LogP contribution in [0.1, 0.15) is 41.6 Å². The minimum Gasteiger partial charge on any atom is -0.478 e. The lowest BCUT2D eigenvalue weighted by Crippen LogP contribution is -2.41. The summed E-state index contributed by atoms with van der Waals surface area (Å²) < 4.78 is 83.8. The van der Waals surface area contributed by atoms with Gasteiger partial charge in [0.05, 0.1) is 23.3 Å². The van der Waals surface area contributed by atoms with Crippen LogP contribution in [0.4, 0.5) is 27.9 Å². The molecule has 1 aliphatic carbocycles. The molecule has 1 aromatic carbocycles. The quantitative estimate of drug-likeness (QED) is 0.173. The van der Waals surface area contributed by atoms with Crippen molar-refractivity contribution in [3.63, 3.8) is 0 Å². The van der Waals surface area contributed by atoms with Gasteiger partial charge in [0.2, 0.25) is 5.95 Å². The number of anilines is 1. The second-order valence-corrected chi connectivity index (χ2v) is 14.3. The molecule has 42 heavy (non-hydrogen) atoms. The zero-order chi connectivity index (χ0) is 31.0. The zero-order valence-electron chi connectivity index (χ0n) is 23.6. The number of aromatic amines is 1. The van der Waals surface area contributed by atoms with E-state index in [9.17, 15) is 36.4 Å². The summed E-state index contributed by atoms with van der Waals surface area (Å²) in [5, 5.41) is 15.7. The summed E-state index contributed by atoms with van der Waals surface area (Å²) in [4.78, 5) is 24.4. The first kappa shape index (κ1) is 31.8. The van der Waals surface area contributed by atoms with Crippen molar-refractivity contribution in [3.8, 4) is 11.3 Å². The lowest BCUT2D eigenvalue weighted by atomic mass is 10.0. The third-order valence-electron chi connectivity index (χ3n) is 7.53. The van der Waals surface area contributed by atoms with E-state index in [0.29, 0.717) is 25.5 Å². The maximum atomic E-state index is 14.3. The largest absolute Gasteiger partial charge is 0.478 e. The number of hydrogen-bond donors (Lipinski definition) is 4. The molecule has 0 aliphatic heterocycles. The van der Waals surface area contributed by atoms with E-state index in [1.165, 1.54) is 31.7 Å². The van der Waals surface area contributed by atoms with E-state index in [1.54, 1.807) is 19.0 Å². The average Bonchev–Trinajstić information content (AvgIpc) is 3.52. The third-order valence-corrected chi connectivity index (χ3v) is 9.07. The van der Waals surface area contributed by atoms with Crippen molar-refractivity contribution in [2.75, 3.05) is 45.8 Å². The second kappa shape index (κ2) is 11.9. The van der Waals surface area contributed by atoms with E-state index in [1.807, 2.05) is 0 Å². The van der Waals surface area contributed by atoms with E-state index in [2.05, 4.69) is 25.6 Å². The average molecular weight is 617 g/mol. The predicted octanol–water partition coefficient (Wildman–Crippen LogP) is 5.10. The number of hydrogen-bond acceptors (Lipinski definition) is 7. The summed E-state index contributed by atoms with van der Waals surface area (Å²) in [5.41, 5.74) is -1.53. The van der Waals surface area contributed by atoms with Gasteiger partial charge in [0, 0.05) is 53.7 Å². The number of carboxylic acid groups (broad SMARTS) is 1. The van der Waals surface area contributed by atoms with Crippen LogP contribution < -0.4 is 15.9 Å². The Kier molecular flexibility index (Phi) is 9.01. The van der Waals surface area contributed by atoms with Crippen molar-refractivity contribution < 1.29 is 36.4 Å². The van der Waals surface area contributed by atoms with Crippen molar-refractivity contribution in [1.82, 2.24) is 25.2 Å². The molecule has 4 rings (SSSR count). The molecule has 2 heterocycles. The fraction of sp³-hybridized carbons (Fsp3) is 0.519. The topological polar surface area (TPSA) is 123 Å². The van der Waals surface area contributed by atoms with Gasteiger partial charge in [-0.15, -0.1) is 0 Å². The van der Waals surface area contributed by atoms with Gasteiger partial charge in [0.25, 0.3) is 5.92 Å². The number of carbonyl (C=O) groups is 1. The molecule has 1 fully saturated rings. The smallest absolute Gasteiger partial charge is 0.419 e. The van der Waals surface area contributed by atoms with Crippen molar-refractivity contribution in [3.05, 3.63) is 35.7 Å². The van der Waals surface area contributed by atoms with Gasteiger partial charge in [-0.1, -0.05) is 6.07 Å². The lowest BCUT2D eigenvalue weighted by molar-refractivity contribution is -0.137. The molecule has 1 saturated carbocycles. The first-order valence-corrected chi connectivity index (χ1v) is 16.0. The predicted molar refractivity (Wildman–Crippen MR) is 152 cm³/mol. The maximum absolute atomic E-state index is 14.3. The molecule has 0 amide bonds. The summed E-state index contributed by atoms with van der Waals surface area (Å²) in [6.07, 6.45) is -1.43. The maximum Gasteiger partial charge on any atom is 0.419 e. The number of nitrogens with zero attached hydrogens (tertiary/aromatic N) is 3. The number of aromatic nitrogens is 3. The molecule has 0 radical (unpaired) electrons. The third kappa shape index (κ3) is 6.92. The van der Waals surface area contributed by atoms with E-state index < -0.39 is 43.0 Å². The molecule has 15 heteroatoms. The second-order valence-electron chi connectivity index (χ2n) is 11.1. The van der Waals surface area contributed by atoms with Crippen LogP contribution in [0.2, 0.25) is 0 Å². The molecule has 4 N–H and O–H groups in total. The van der Waals surface area contributed by atoms with Gasteiger partial charge in [-0.3, -0.25) is 4.90 Å². The molecule has 3 aromatic rings. The first-order valence-electron chi connectivity index (χ1n) is 13.4. The number of alkyl halides is 5. The molecule has 0 unspecified atom stereocenters. The zero-order valence-corrected chi connectivity index (χ0v) is 24.5. The van der Waals surface area contributed by atoms with E-state index in [0.717, 1.165) is 0 Å². The molecule has 230 valence electrons. The number of halogens is 5. The molecule has 2 atom stereocenters. The molecule has 2 aromatic heterocycles. The summed E-state index contributed by atoms with van der Waals surface area (Å²) >= 11 is 0. The number of carboxylic acids is 1. The molecule has 0 spiro atoms. The number of H-pyrrole nitrogens is 1. The van der Waals surface area contributed by atoms with Crippen LogP contribution in [0.15, 0.2) is 24.5 Å². The van der Waals surface area contributed by atoms with Gasteiger partial charge in [0.1, 0.15) is 12.7 Å². The summed E-state index contributed by atoms with van der Waals surface area (Å²) in [6.45, 7) is 2.57. The molecule has 9 nitrogen and oxygen atoms in total. The Hall–Kier alpha value is -3.09. The summed E-state index contributed by atoms with van der Waals surface area (Å²) in [6, 6.07) is 2.20. The Morgan fingerprint density at radius 2 is 1.93 bits per heavy atom. The van der Waals surface area contributed by atoms with Crippen LogP contribution in [0.3, 0.4) is 0 Å². The Labute approximate surface area is 239 Å². The van der Waals surface area contributed by atoms with Gasteiger partial charge in [-0.25, -0.2) is 23.5 Å². The van der Waals surface area contributed by atoms with E-state index >= 15 is 0 Å². The highest BCUT2D eigenvalue weighted by atomic mass is 31.2. The van der Waals surface area contributed by atoms with Crippen molar-refractivity contribution >= 4 is 35.3 Å². The van der Waals surface area contributed by atoms with Gasteiger partial charge < -0.3 is 25.3 Å². The minimum absolute atomic E-state index is 0.0253. The molecular formula is C27H34F5N6O3P. The Balaban J connectivity index is 1.64. The molecular weight excluding hydrogens is 582 g/mol. The number of nitrogens with one attached hydrogen (secondary N) is 3. The number of fused-ring (bicyclic) bond motifs is 1. The number of rotatable bonds is 11. The van der Waals surface area contributed by atoms with Gasteiger partial charge >= 0.3 is 12.1 Å². The highest BCUT2D eigenvalue weighted by Gasteiger charge is 2.38. The fourth-order valence-electron chi connectivity index (χ4n) is 5.53. The van der Waals surface area contributed by atoms with Gasteiger partial charge in [0.15, 0.2) is 0 Å². The summed E-state index contributed by atoms with van der Waals surface area (Å²) in [5.74, 6) is -4.22. The number of benzene rings is 1. The van der Waals surface area contributed by atoms with Gasteiger partial charge in [-0.05, 0) is 52.8 Å². The molecule has 0 bridgehead atoms. The highest BCUT2D eigenvalue weighted by molar-refractivity contribution is 7.70. The fourth-order valence-corrected chi connectivity index (χ4v) is 7.00. The van der Waals surface area contributed by atoms with E-state index in [-0.39, 0.29) is 58.3 Å². The SMILES string of the molecule is CNCCC(F)(F)CN(C)[C@H]1CC[C@H](Nc2ncc(C(F)(F)F)c(-c3c[nH]c4c(P(C)(C)=O)c(C(=O)O)ccc34)n2)C1. The monoisotopic (exact) mass is 616 g/mol. The van der Waals surface area contributed by atoms with Crippen LogP contribution in [0, 0.1) is 0 Å². The van der Waals surface area contributed by atoms with Crippen LogP contribution in [0.25, 0.3) is 22.2 Å². The van der Waals surface area contributed by atoms with Crippen molar-refractivity contribution in [1.29, 1.82) is 0 Å². The van der Waals surface area contributed by atoms with Crippen LogP contribution >= 0.6 is 7.14 Å². The Bertz CT molecular complexity index is 1510. The molecule has 1 aliphatic rings. The Morgan fingerprint density at radius 3 is 2.55 bits per heavy atom. The minimum atomic E-state index is -4.80. The highest BCUT2D eigenvalue weighted by Crippen LogP contribution is 2.43. The van der Waals surface area contributed by atoms with Crippen molar-refractivity contribution in [2.24, 2.45) is 0 Å². The van der Waals surface area contributed by atoms with Crippen molar-refractivity contribution in [2.45, 2.75) is 49.9 Å². The Morgan fingerprint density at radius 1 is 1.21 bits per heavy atom. The van der Waals surface area contributed by atoms with Gasteiger partial charge in [-0.2, -0.15) is 13.2 Å². The van der Waals surface area contributed by atoms with E-state index in [4.69, 9.17) is 0 Å².